The van der Waals surface area contributed by atoms with Gasteiger partial charge in [0.15, 0.2) is 0 Å². The summed E-state index contributed by atoms with van der Waals surface area (Å²) in [4.78, 5) is 20.8. The van der Waals surface area contributed by atoms with Crippen molar-refractivity contribution in [1.29, 1.82) is 0 Å². The minimum absolute atomic E-state index is 0.0794. The van der Waals surface area contributed by atoms with Crippen molar-refractivity contribution >= 4 is 17.2 Å². The van der Waals surface area contributed by atoms with Crippen LogP contribution < -0.4 is 0 Å². The third-order valence-corrected chi connectivity index (χ3v) is 5.63. The second-order valence-corrected chi connectivity index (χ2v) is 7.20. The number of nitrogens with zero attached hydrogens (tertiary/aromatic N) is 2. The maximum atomic E-state index is 12.8. The smallest absolute Gasteiger partial charge is 0.263 e. The van der Waals surface area contributed by atoms with E-state index in [1.807, 2.05) is 19.2 Å². The number of carbonyl (C=O) groups excluding carboxylic acids is 1. The second-order valence-electron chi connectivity index (χ2n) is 6.14. The van der Waals surface area contributed by atoms with Crippen molar-refractivity contribution in [3.05, 3.63) is 76.4 Å². The summed E-state index contributed by atoms with van der Waals surface area (Å²) >= 11 is 1.62. The van der Waals surface area contributed by atoms with Crippen LogP contribution in [-0.2, 0) is 19.4 Å². The largest absolute Gasteiger partial charge is 0.337 e. The van der Waals surface area contributed by atoms with E-state index in [2.05, 4.69) is 35.3 Å². The van der Waals surface area contributed by atoms with E-state index < -0.39 is 0 Å². The van der Waals surface area contributed by atoms with Crippen LogP contribution in [0.1, 0.15) is 26.4 Å². The van der Waals surface area contributed by atoms with Crippen LogP contribution >= 0.6 is 11.3 Å². The van der Waals surface area contributed by atoms with Gasteiger partial charge in [-0.1, -0.05) is 30.3 Å². The number of benzene rings is 1. The van der Waals surface area contributed by atoms with Crippen molar-refractivity contribution in [3.63, 3.8) is 0 Å². The van der Waals surface area contributed by atoms with Crippen LogP contribution in [0.15, 0.2) is 54.9 Å². The molecule has 0 N–H and O–H groups in total. The second kappa shape index (κ2) is 6.21. The van der Waals surface area contributed by atoms with Crippen molar-refractivity contribution in [2.24, 2.45) is 0 Å². The molecule has 24 heavy (non-hydrogen) atoms. The number of aromatic nitrogens is 1. The number of fused-ring (bicyclic) bond motifs is 3. The fraction of sp³-hybridized carbons (Fsp3) is 0.200. The molecular weight excluding hydrogens is 316 g/mol. The van der Waals surface area contributed by atoms with Gasteiger partial charge in [-0.25, -0.2) is 0 Å². The Morgan fingerprint density at radius 1 is 1.17 bits per heavy atom. The molecule has 4 heteroatoms. The average molecular weight is 334 g/mol. The number of thiophene rings is 1. The minimum atomic E-state index is 0.0794. The molecule has 0 spiro atoms. The van der Waals surface area contributed by atoms with Crippen LogP contribution in [0, 0.1) is 0 Å². The molecule has 0 fully saturated rings. The molecule has 0 radical (unpaired) electrons. The third kappa shape index (κ3) is 2.74. The lowest BCUT2D eigenvalue weighted by Gasteiger charge is -2.16. The molecule has 0 atom stereocenters. The molecule has 2 aromatic heterocycles. The molecule has 4 rings (SSSR count). The lowest BCUT2D eigenvalue weighted by Crippen LogP contribution is -2.25. The first-order chi connectivity index (χ1) is 11.7. The summed E-state index contributed by atoms with van der Waals surface area (Å²) in [6.45, 7) is 0.575. The number of hydrogen-bond acceptors (Lipinski definition) is 3. The Labute approximate surface area is 145 Å². The van der Waals surface area contributed by atoms with Crippen LogP contribution in [0.3, 0.4) is 0 Å². The molecule has 120 valence electrons. The third-order valence-electron chi connectivity index (χ3n) is 4.43. The number of amides is 1. The molecule has 2 heterocycles. The van der Waals surface area contributed by atoms with E-state index in [4.69, 9.17) is 0 Å². The number of pyridine rings is 1. The highest BCUT2D eigenvalue weighted by Gasteiger charge is 2.22. The van der Waals surface area contributed by atoms with Gasteiger partial charge in [0.1, 0.15) is 0 Å². The summed E-state index contributed by atoms with van der Waals surface area (Å²) < 4.78 is 0. The van der Waals surface area contributed by atoms with Crippen LogP contribution in [0.2, 0.25) is 0 Å². The van der Waals surface area contributed by atoms with E-state index in [0.717, 1.165) is 23.3 Å². The van der Waals surface area contributed by atoms with Gasteiger partial charge in [-0.05, 0) is 47.2 Å². The number of aryl methyl sites for hydroxylation is 2. The van der Waals surface area contributed by atoms with E-state index in [0.29, 0.717) is 6.54 Å². The van der Waals surface area contributed by atoms with Gasteiger partial charge in [0, 0.05) is 30.9 Å². The van der Waals surface area contributed by atoms with Crippen molar-refractivity contribution in [3.8, 4) is 10.4 Å². The highest BCUT2D eigenvalue weighted by Crippen LogP contribution is 2.39. The van der Waals surface area contributed by atoms with Crippen LogP contribution in [-0.4, -0.2) is 22.8 Å². The molecule has 1 aliphatic rings. The van der Waals surface area contributed by atoms with Gasteiger partial charge in [-0.3, -0.25) is 9.78 Å². The summed E-state index contributed by atoms with van der Waals surface area (Å²) in [5, 5.41) is 0. The summed E-state index contributed by atoms with van der Waals surface area (Å²) in [5.41, 5.74) is 5.02. The highest BCUT2D eigenvalue weighted by atomic mass is 32.1. The summed E-state index contributed by atoms with van der Waals surface area (Å²) in [6, 6.07) is 14.5. The van der Waals surface area contributed by atoms with Gasteiger partial charge in [-0.15, -0.1) is 11.3 Å². The van der Waals surface area contributed by atoms with Gasteiger partial charge in [-0.2, -0.15) is 0 Å². The Balaban J connectivity index is 1.60. The lowest BCUT2D eigenvalue weighted by atomic mass is 9.91. The standard InChI is InChI=1S/C20H18N2OS/c1-22(13-14-5-4-10-21-12-14)20(23)18-11-16-9-8-15-6-2-3-7-17(15)19(16)24-18/h2-7,10-12H,8-9,13H2,1H3. The van der Waals surface area contributed by atoms with Crippen molar-refractivity contribution in [1.82, 2.24) is 9.88 Å². The summed E-state index contributed by atoms with van der Waals surface area (Å²) in [7, 11) is 1.85. The van der Waals surface area contributed by atoms with Crippen LogP contribution in [0.25, 0.3) is 10.4 Å². The first-order valence-corrected chi connectivity index (χ1v) is 8.89. The molecule has 1 amide bonds. The van der Waals surface area contributed by atoms with Gasteiger partial charge >= 0.3 is 0 Å². The Bertz CT molecular complexity index is 886. The predicted octanol–water partition coefficient (Wildman–Crippen LogP) is 4.18. The Morgan fingerprint density at radius 3 is 2.83 bits per heavy atom. The van der Waals surface area contributed by atoms with E-state index in [9.17, 15) is 4.79 Å². The quantitative estimate of drug-likeness (QED) is 0.720. The molecule has 1 aromatic carbocycles. The lowest BCUT2D eigenvalue weighted by molar-refractivity contribution is 0.0789. The number of rotatable bonds is 3. The number of carbonyl (C=O) groups is 1. The molecule has 0 bridgehead atoms. The maximum absolute atomic E-state index is 12.8. The van der Waals surface area contributed by atoms with Crippen LogP contribution in [0.5, 0.6) is 0 Å². The van der Waals surface area contributed by atoms with Crippen molar-refractivity contribution in [2.75, 3.05) is 7.05 Å². The van der Waals surface area contributed by atoms with Crippen molar-refractivity contribution < 1.29 is 4.79 Å². The Morgan fingerprint density at radius 2 is 2.00 bits per heavy atom. The van der Waals surface area contributed by atoms with E-state index in [1.54, 1.807) is 28.6 Å². The zero-order chi connectivity index (χ0) is 16.5. The maximum Gasteiger partial charge on any atom is 0.263 e. The van der Waals surface area contributed by atoms with Gasteiger partial charge in [0.2, 0.25) is 0 Å². The zero-order valence-electron chi connectivity index (χ0n) is 13.5. The molecular formula is C20H18N2OS. The van der Waals surface area contributed by atoms with Gasteiger partial charge in [0.05, 0.1) is 4.88 Å². The van der Waals surface area contributed by atoms with Gasteiger partial charge < -0.3 is 4.90 Å². The molecule has 0 saturated carbocycles. The fourth-order valence-electron chi connectivity index (χ4n) is 3.20. The monoisotopic (exact) mass is 334 g/mol. The summed E-state index contributed by atoms with van der Waals surface area (Å²) in [5.74, 6) is 0.0794. The van der Waals surface area contributed by atoms with E-state index in [1.165, 1.54) is 21.6 Å². The fourth-order valence-corrected chi connectivity index (χ4v) is 4.47. The van der Waals surface area contributed by atoms with Gasteiger partial charge in [0.25, 0.3) is 5.91 Å². The molecule has 3 aromatic rings. The topological polar surface area (TPSA) is 33.2 Å². The SMILES string of the molecule is CN(Cc1cccnc1)C(=O)c1cc2c(s1)-c1ccccc1CC2. The Kier molecular flexibility index (Phi) is 3.90. The van der Waals surface area contributed by atoms with E-state index in [-0.39, 0.29) is 5.91 Å². The number of hydrogen-bond donors (Lipinski definition) is 0. The zero-order valence-corrected chi connectivity index (χ0v) is 14.3. The normalized spacial score (nSPS) is 12.4. The Hall–Kier alpha value is -2.46. The highest BCUT2D eigenvalue weighted by molar-refractivity contribution is 7.17. The minimum Gasteiger partial charge on any atom is -0.337 e. The molecule has 0 saturated heterocycles. The first kappa shape index (κ1) is 15.1. The van der Waals surface area contributed by atoms with Crippen LogP contribution in [0.4, 0.5) is 0 Å². The van der Waals surface area contributed by atoms with E-state index >= 15 is 0 Å². The average Bonchev–Trinajstić information content (AvgIpc) is 3.06. The molecule has 3 nitrogen and oxygen atoms in total. The molecule has 0 aliphatic heterocycles. The molecule has 0 unspecified atom stereocenters. The first-order valence-electron chi connectivity index (χ1n) is 8.08. The summed E-state index contributed by atoms with van der Waals surface area (Å²) in [6.07, 6.45) is 5.62. The van der Waals surface area contributed by atoms with Crippen molar-refractivity contribution in [2.45, 2.75) is 19.4 Å². The predicted molar refractivity (Wildman–Crippen MR) is 97.2 cm³/mol. The molecule has 1 aliphatic carbocycles.